The quantitative estimate of drug-likeness (QED) is 0.537. The van der Waals surface area contributed by atoms with Crippen LogP contribution in [0.25, 0.3) is 0 Å². The van der Waals surface area contributed by atoms with Crippen molar-refractivity contribution < 1.29 is 9.13 Å². The lowest BCUT2D eigenvalue weighted by Crippen LogP contribution is -2.30. The van der Waals surface area contributed by atoms with Crippen molar-refractivity contribution in [1.82, 2.24) is 20.6 Å². The molecule has 0 aliphatic rings. The fourth-order valence-corrected chi connectivity index (χ4v) is 1.69. The van der Waals surface area contributed by atoms with Gasteiger partial charge in [-0.2, -0.15) is 5.10 Å². The maximum atomic E-state index is 13.5. The Morgan fingerprint density at radius 2 is 2.39 bits per heavy atom. The Bertz CT molecular complexity index is 502. The average Bonchev–Trinajstić information content (AvgIpc) is 2.90. The van der Waals surface area contributed by atoms with Gasteiger partial charge < -0.3 is 4.74 Å². The van der Waals surface area contributed by atoms with E-state index in [-0.39, 0.29) is 11.8 Å². The van der Waals surface area contributed by atoms with Gasteiger partial charge in [0.1, 0.15) is 12.2 Å². The van der Waals surface area contributed by atoms with Gasteiger partial charge in [0.15, 0.2) is 11.6 Å². The van der Waals surface area contributed by atoms with E-state index in [9.17, 15) is 4.39 Å². The maximum absolute atomic E-state index is 13.5. The number of nitrogens with zero attached hydrogens (tertiary/aromatic N) is 2. The molecule has 0 spiro atoms. The molecular weight excluding hydrogens is 237 g/mol. The number of ether oxygens (including phenoxy) is 1. The summed E-state index contributed by atoms with van der Waals surface area (Å²) in [5.41, 5.74) is 3.40. The Balaban J connectivity index is 2.15. The van der Waals surface area contributed by atoms with Gasteiger partial charge in [-0.15, -0.1) is 0 Å². The van der Waals surface area contributed by atoms with E-state index in [0.717, 1.165) is 5.56 Å². The minimum absolute atomic E-state index is 0.218. The van der Waals surface area contributed by atoms with E-state index < -0.39 is 5.82 Å². The zero-order chi connectivity index (χ0) is 13.0. The van der Waals surface area contributed by atoms with Gasteiger partial charge in [-0.3, -0.25) is 10.9 Å². The van der Waals surface area contributed by atoms with Crippen LogP contribution in [0.15, 0.2) is 24.5 Å². The SMILES string of the molecule is COc1ccc(CC(NN)c2ncn[nH]2)cc1F. The highest BCUT2D eigenvalue weighted by Crippen LogP contribution is 2.20. The molecule has 1 unspecified atom stereocenters. The van der Waals surface area contributed by atoms with E-state index in [0.29, 0.717) is 12.2 Å². The van der Waals surface area contributed by atoms with Gasteiger partial charge >= 0.3 is 0 Å². The molecule has 1 aromatic heterocycles. The minimum Gasteiger partial charge on any atom is -0.494 e. The molecule has 2 rings (SSSR count). The number of H-pyrrole nitrogens is 1. The molecule has 7 heteroatoms. The summed E-state index contributed by atoms with van der Waals surface area (Å²) in [5, 5.41) is 6.48. The van der Waals surface area contributed by atoms with Gasteiger partial charge in [-0.1, -0.05) is 6.07 Å². The summed E-state index contributed by atoms with van der Waals surface area (Å²) in [5.74, 6) is 5.87. The van der Waals surface area contributed by atoms with Crippen LogP contribution in [0.2, 0.25) is 0 Å². The van der Waals surface area contributed by atoms with Crippen molar-refractivity contribution in [2.24, 2.45) is 5.84 Å². The number of methoxy groups -OCH3 is 1. The molecule has 1 aromatic carbocycles. The van der Waals surface area contributed by atoms with E-state index in [1.165, 1.54) is 19.5 Å². The first-order chi connectivity index (χ1) is 8.74. The van der Waals surface area contributed by atoms with Crippen LogP contribution in [-0.2, 0) is 6.42 Å². The van der Waals surface area contributed by atoms with Crippen molar-refractivity contribution in [3.8, 4) is 5.75 Å². The van der Waals surface area contributed by atoms with Crippen LogP contribution >= 0.6 is 0 Å². The second kappa shape index (κ2) is 5.56. The molecule has 0 radical (unpaired) electrons. The number of nitrogens with one attached hydrogen (secondary N) is 2. The van der Waals surface area contributed by atoms with E-state index in [4.69, 9.17) is 10.6 Å². The fraction of sp³-hybridized carbons (Fsp3) is 0.273. The number of hydrogen-bond donors (Lipinski definition) is 3. The number of hydrogen-bond acceptors (Lipinski definition) is 5. The predicted molar refractivity (Wildman–Crippen MR) is 63.1 cm³/mol. The van der Waals surface area contributed by atoms with Crippen molar-refractivity contribution in [3.05, 3.63) is 41.7 Å². The number of benzene rings is 1. The largest absolute Gasteiger partial charge is 0.494 e. The lowest BCUT2D eigenvalue weighted by atomic mass is 10.1. The Morgan fingerprint density at radius 1 is 1.56 bits per heavy atom. The summed E-state index contributed by atoms with van der Waals surface area (Å²) in [6.07, 6.45) is 1.89. The van der Waals surface area contributed by atoms with E-state index in [1.54, 1.807) is 12.1 Å². The van der Waals surface area contributed by atoms with Crippen LogP contribution < -0.4 is 16.0 Å². The van der Waals surface area contributed by atoms with Crippen LogP contribution in [0, 0.1) is 5.82 Å². The molecule has 1 heterocycles. The summed E-state index contributed by atoms with van der Waals surface area (Å²) in [4.78, 5) is 4.01. The van der Waals surface area contributed by atoms with Crippen molar-refractivity contribution in [2.75, 3.05) is 7.11 Å². The highest BCUT2D eigenvalue weighted by atomic mass is 19.1. The van der Waals surface area contributed by atoms with Crippen molar-refractivity contribution in [3.63, 3.8) is 0 Å². The summed E-state index contributed by atoms with van der Waals surface area (Å²) in [6, 6.07) is 4.53. The third-order valence-corrected chi connectivity index (χ3v) is 2.62. The smallest absolute Gasteiger partial charge is 0.165 e. The molecule has 2 aromatic rings. The second-order valence-electron chi connectivity index (χ2n) is 3.76. The maximum Gasteiger partial charge on any atom is 0.165 e. The third-order valence-electron chi connectivity index (χ3n) is 2.62. The highest BCUT2D eigenvalue weighted by molar-refractivity contribution is 5.30. The zero-order valence-corrected chi connectivity index (χ0v) is 9.85. The van der Waals surface area contributed by atoms with E-state index >= 15 is 0 Å². The summed E-state index contributed by atoms with van der Waals surface area (Å²) in [6.45, 7) is 0. The lowest BCUT2D eigenvalue weighted by Gasteiger charge is -2.13. The molecule has 0 bridgehead atoms. The zero-order valence-electron chi connectivity index (χ0n) is 9.85. The van der Waals surface area contributed by atoms with E-state index in [2.05, 4.69) is 20.6 Å². The number of aromatic amines is 1. The van der Waals surface area contributed by atoms with Gasteiger partial charge in [0.25, 0.3) is 0 Å². The summed E-state index contributed by atoms with van der Waals surface area (Å²) in [7, 11) is 1.43. The second-order valence-corrected chi connectivity index (χ2v) is 3.76. The number of rotatable bonds is 5. The van der Waals surface area contributed by atoms with Crippen LogP contribution in [-0.4, -0.2) is 22.3 Å². The fourth-order valence-electron chi connectivity index (χ4n) is 1.69. The van der Waals surface area contributed by atoms with Crippen LogP contribution in [0.5, 0.6) is 5.75 Å². The van der Waals surface area contributed by atoms with Gasteiger partial charge in [0.05, 0.1) is 13.2 Å². The van der Waals surface area contributed by atoms with Crippen molar-refractivity contribution in [1.29, 1.82) is 0 Å². The number of nitrogens with two attached hydrogens (primary N) is 1. The highest BCUT2D eigenvalue weighted by Gasteiger charge is 2.14. The first kappa shape index (κ1) is 12.5. The van der Waals surface area contributed by atoms with Crippen LogP contribution in [0.1, 0.15) is 17.4 Å². The molecule has 96 valence electrons. The van der Waals surface area contributed by atoms with Crippen molar-refractivity contribution in [2.45, 2.75) is 12.5 Å². The first-order valence-electron chi connectivity index (χ1n) is 5.38. The predicted octanol–water partition coefficient (Wildman–Crippen LogP) is 0.699. The molecule has 0 fully saturated rings. The van der Waals surface area contributed by atoms with Gasteiger partial charge in [-0.05, 0) is 24.1 Å². The monoisotopic (exact) mass is 251 g/mol. The van der Waals surface area contributed by atoms with Crippen LogP contribution in [0.4, 0.5) is 4.39 Å². The summed E-state index contributed by atoms with van der Waals surface area (Å²) < 4.78 is 18.4. The van der Waals surface area contributed by atoms with Crippen molar-refractivity contribution >= 4 is 0 Å². The van der Waals surface area contributed by atoms with Crippen LogP contribution in [0.3, 0.4) is 0 Å². The molecule has 0 saturated carbocycles. The Labute approximate surface area is 103 Å². The minimum atomic E-state index is -0.400. The number of halogens is 1. The topological polar surface area (TPSA) is 88.8 Å². The summed E-state index contributed by atoms with van der Waals surface area (Å²) >= 11 is 0. The molecule has 18 heavy (non-hydrogen) atoms. The molecular formula is C11H14FN5O. The molecule has 0 amide bonds. The first-order valence-corrected chi connectivity index (χ1v) is 5.38. The molecule has 1 atom stereocenters. The lowest BCUT2D eigenvalue weighted by molar-refractivity contribution is 0.386. The van der Waals surface area contributed by atoms with E-state index in [1.807, 2.05) is 0 Å². The molecule has 0 saturated heterocycles. The normalized spacial score (nSPS) is 12.4. The molecule has 4 N–H and O–H groups in total. The third kappa shape index (κ3) is 2.63. The standard InChI is InChI=1S/C11H14FN5O/c1-18-10-3-2-7(4-8(10)12)5-9(16-13)11-14-6-15-17-11/h2-4,6,9,16H,5,13H2,1H3,(H,14,15,17). The molecule has 0 aliphatic carbocycles. The number of aromatic nitrogens is 3. The number of hydrazine groups is 1. The van der Waals surface area contributed by atoms with Gasteiger partial charge in [0.2, 0.25) is 0 Å². The van der Waals surface area contributed by atoms with Gasteiger partial charge in [-0.25, -0.2) is 14.8 Å². The Morgan fingerprint density at radius 3 is 2.94 bits per heavy atom. The molecule has 0 aliphatic heterocycles. The van der Waals surface area contributed by atoms with Gasteiger partial charge in [0, 0.05) is 0 Å². The molecule has 6 nitrogen and oxygen atoms in total. The Kier molecular flexibility index (Phi) is 3.85. The Hall–Kier alpha value is -1.99. The average molecular weight is 251 g/mol.